The number of rotatable bonds is 11. The number of aliphatic hydroxyl groups is 5. The molecule has 17 nitrogen and oxygen atoms in total. The molecule has 18 atom stereocenters. The van der Waals surface area contributed by atoms with Gasteiger partial charge in [-0.3, -0.25) is 0 Å². The minimum Gasteiger partial charge on any atom is -0.394 e. The quantitative estimate of drug-likeness (QED) is 0.147. The Morgan fingerprint density at radius 1 is 0.591 bits per heavy atom. The second-order valence-corrected chi connectivity index (χ2v) is 11.9. The average molecular weight is 641 g/mol. The zero-order valence-corrected chi connectivity index (χ0v) is 24.8. The van der Waals surface area contributed by atoms with Crippen LogP contribution in [0.25, 0.3) is 0 Å². The van der Waals surface area contributed by atoms with Gasteiger partial charge in [-0.1, -0.05) is 0 Å². The maximum Gasteiger partial charge on any atom is 0.187 e. The molecule has 0 aromatic carbocycles. The molecule has 5 N–H and O–H groups in total. The first kappa shape index (κ1) is 33.2. The van der Waals surface area contributed by atoms with Gasteiger partial charge in [0.05, 0.1) is 50.8 Å². The SMILES string of the molecule is COCC1CC(OC2OC3COC(C2O)C3OC2OC(CO)CC(OC)C2O)C(O)C(OC2C3COC2C(O)C(OC)O3)O1. The van der Waals surface area contributed by atoms with E-state index in [4.69, 9.17) is 56.8 Å². The van der Waals surface area contributed by atoms with Crippen molar-refractivity contribution in [1.29, 1.82) is 0 Å². The van der Waals surface area contributed by atoms with E-state index in [2.05, 4.69) is 0 Å². The molecule has 0 radical (unpaired) electrons. The molecule has 18 unspecified atom stereocenters. The highest BCUT2D eigenvalue weighted by atomic mass is 16.8. The molecule has 0 aromatic rings. The molecule has 0 amide bonds. The van der Waals surface area contributed by atoms with E-state index in [0.29, 0.717) is 0 Å². The summed E-state index contributed by atoms with van der Waals surface area (Å²) < 4.78 is 69.1. The summed E-state index contributed by atoms with van der Waals surface area (Å²) >= 11 is 0. The molecule has 6 saturated heterocycles. The average Bonchev–Trinajstić information content (AvgIpc) is 3.50. The van der Waals surface area contributed by atoms with Crippen molar-refractivity contribution in [2.45, 2.75) is 123 Å². The molecule has 0 aromatic heterocycles. The molecule has 254 valence electrons. The van der Waals surface area contributed by atoms with E-state index >= 15 is 0 Å². The van der Waals surface area contributed by atoms with Crippen molar-refractivity contribution < 1.29 is 82.4 Å². The van der Waals surface area contributed by atoms with E-state index < -0.39 is 111 Å². The Morgan fingerprint density at radius 2 is 1.11 bits per heavy atom. The fourth-order valence-corrected chi connectivity index (χ4v) is 6.78. The zero-order valence-electron chi connectivity index (χ0n) is 24.8. The first-order valence-electron chi connectivity index (χ1n) is 14.9. The molecule has 6 fully saturated rings. The Bertz CT molecular complexity index is 931. The van der Waals surface area contributed by atoms with Gasteiger partial charge in [0.1, 0.15) is 61.0 Å². The Morgan fingerprint density at radius 3 is 1.68 bits per heavy atom. The normalized spacial score (nSPS) is 52.4. The minimum absolute atomic E-state index is 0.0792. The summed E-state index contributed by atoms with van der Waals surface area (Å²) in [6.07, 6.45) is -16.0. The lowest BCUT2D eigenvalue weighted by molar-refractivity contribution is -0.356. The first-order chi connectivity index (χ1) is 21.3. The summed E-state index contributed by atoms with van der Waals surface area (Å²) in [6.45, 7) is 0.134. The highest BCUT2D eigenvalue weighted by Crippen LogP contribution is 2.38. The highest BCUT2D eigenvalue weighted by Gasteiger charge is 2.57. The van der Waals surface area contributed by atoms with Crippen molar-refractivity contribution in [2.75, 3.05) is 47.8 Å². The lowest BCUT2D eigenvalue weighted by atomic mass is 9.98. The van der Waals surface area contributed by atoms with Gasteiger partial charge in [-0.2, -0.15) is 0 Å². The molecule has 0 aliphatic carbocycles. The summed E-state index contributed by atoms with van der Waals surface area (Å²) in [7, 11) is 4.38. The van der Waals surface area contributed by atoms with E-state index in [0.717, 1.165) is 0 Å². The third-order valence-corrected chi connectivity index (χ3v) is 9.08. The number of fused-ring (bicyclic) bond motifs is 4. The Labute approximate surface area is 254 Å². The summed E-state index contributed by atoms with van der Waals surface area (Å²) in [4.78, 5) is 0. The molecule has 4 bridgehead atoms. The number of hydrogen-bond acceptors (Lipinski definition) is 17. The van der Waals surface area contributed by atoms with Crippen molar-refractivity contribution in [1.82, 2.24) is 0 Å². The van der Waals surface area contributed by atoms with Crippen LogP contribution >= 0.6 is 0 Å². The summed E-state index contributed by atoms with van der Waals surface area (Å²) in [5.74, 6) is 0. The summed E-state index contributed by atoms with van der Waals surface area (Å²) in [6, 6.07) is 0. The second kappa shape index (κ2) is 14.2. The topological polar surface area (TPSA) is 212 Å². The van der Waals surface area contributed by atoms with E-state index in [9.17, 15) is 25.5 Å². The van der Waals surface area contributed by atoms with Crippen LogP contribution < -0.4 is 0 Å². The number of aliphatic hydroxyl groups excluding tert-OH is 5. The van der Waals surface area contributed by atoms with Gasteiger partial charge in [-0.25, -0.2) is 0 Å². The minimum atomic E-state index is -1.33. The van der Waals surface area contributed by atoms with Crippen LogP contribution in [0.1, 0.15) is 12.8 Å². The van der Waals surface area contributed by atoms with E-state index in [1.165, 1.54) is 21.3 Å². The van der Waals surface area contributed by atoms with Crippen LogP contribution in [0, 0.1) is 0 Å². The van der Waals surface area contributed by atoms with E-state index in [-0.39, 0.29) is 39.3 Å². The molecule has 17 heteroatoms. The highest BCUT2D eigenvalue weighted by molar-refractivity contribution is 5.00. The van der Waals surface area contributed by atoms with Crippen LogP contribution in [0.3, 0.4) is 0 Å². The molecule has 0 saturated carbocycles. The Hall–Kier alpha value is -0.680. The standard InChI is InChI=1S/C27H44O17/c1-33-7-11-5-13(17(30)26(39-11)44-20-14-8-36-22(20)18(31)24(35-3)41-14)40-27-19(32)23-21(15(42-27)9-37-23)43-25-16(29)12(34-2)4-10(6-28)38-25/h10-32H,4-9H2,1-3H3. The molecule has 6 aliphatic rings. The maximum atomic E-state index is 11.3. The van der Waals surface area contributed by atoms with E-state index in [1.54, 1.807) is 0 Å². The van der Waals surface area contributed by atoms with Crippen LogP contribution in [0.5, 0.6) is 0 Å². The Kier molecular flexibility index (Phi) is 10.7. The molecule has 6 heterocycles. The molecule has 6 aliphatic heterocycles. The van der Waals surface area contributed by atoms with Gasteiger partial charge in [0, 0.05) is 34.2 Å². The number of ether oxygens (including phenoxy) is 12. The van der Waals surface area contributed by atoms with Gasteiger partial charge in [0.25, 0.3) is 0 Å². The van der Waals surface area contributed by atoms with Gasteiger partial charge in [0.15, 0.2) is 25.2 Å². The molecule has 6 rings (SSSR count). The lowest BCUT2D eigenvalue weighted by Gasteiger charge is -2.45. The fraction of sp³-hybridized carbons (Fsp3) is 1.00. The van der Waals surface area contributed by atoms with Gasteiger partial charge in [0.2, 0.25) is 0 Å². The lowest BCUT2D eigenvalue weighted by Crippen LogP contribution is -2.62. The van der Waals surface area contributed by atoms with Gasteiger partial charge < -0.3 is 82.4 Å². The molecular formula is C27H44O17. The van der Waals surface area contributed by atoms with Crippen LogP contribution in [-0.2, 0) is 56.8 Å². The Balaban J connectivity index is 1.10. The predicted molar refractivity (Wildman–Crippen MR) is 139 cm³/mol. The number of hydrogen-bond donors (Lipinski definition) is 5. The summed E-state index contributed by atoms with van der Waals surface area (Å²) in [5.41, 5.74) is 0. The third-order valence-electron chi connectivity index (χ3n) is 9.08. The molecule has 44 heavy (non-hydrogen) atoms. The maximum absolute atomic E-state index is 11.3. The van der Waals surface area contributed by atoms with Crippen molar-refractivity contribution in [3.05, 3.63) is 0 Å². The molecule has 0 spiro atoms. The molecular weight excluding hydrogens is 596 g/mol. The van der Waals surface area contributed by atoms with Crippen LogP contribution in [-0.4, -0.2) is 184 Å². The van der Waals surface area contributed by atoms with Gasteiger partial charge in [-0.05, 0) is 0 Å². The first-order valence-corrected chi connectivity index (χ1v) is 14.9. The third kappa shape index (κ3) is 6.42. The number of methoxy groups -OCH3 is 3. The van der Waals surface area contributed by atoms with Crippen LogP contribution in [0.15, 0.2) is 0 Å². The van der Waals surface area contributed by atoms with Gasteiger partial charge in [-0.15, -0.1) is 0 Å². The van der Waals surface area contributed by atoms with Crippen molar-refractivity contribution in [3.63, 3.8) is 0 Å². The smallest absolute Gasteiger partial charge is 0.187 e. The largest absolute Gasteiger partial charge is 0.394 e. The predicted octanol–water partition coefficient (Wildman–Crippen LogP) is -3.64. The van der Waals surface area contributed by atoms with Crippen molar-refractivity contribution in [2.24, 2.45) is 0 Å². The monoisotopic (exact) mass is 640 g/mol. The van der Waals surface area contributed by atoms with Crippen LogP contribution in [0.4, 0.5) is 0 Å². The second-order valence-electron chi connectivity index (χ2n) is 11.9. The fourth-order valence-electron chi connectivity index (χ4n) is 6.78. The van der Waals surface area contributed by atoms with Crippen LogP contribution in [0.2, 0.25) is 0 Å². The zero-order chi connectivity index (χ0) is 31.1. The van der Waals surface area contributed by atoms with E-state index in [1.807, 2.05) is 0 Å². The van der Waals surface area contributed by atoms with Crippen molar-refractivity contribution in [3.8, 4) is 0 Å². The van der Waals surface area contributed by atoms with Gasteiger partial charge >= 0.3 is 0 Å². The summed E-state index contributed by atoms with van der Waals surface area (Å²) in [5, 5.41) is 53.4. The van der Waals surface area contributed by atoms with Crippen molar-refractivity contribution >= 4 is 0 Å².